The third-order valence-electron chi connectivity index (χ3n) is 4.08. The molecule has 5 heteroatoms. The standard InChI is InChI=1S/C22H20ClNO3/c1-26-19-10-6-16(7-11-19)14-24-22(25)17-8-12-20(13-9-17)27-15-18-4-2-3-5-21(18)23/h2-13H,14-15H2,1H3,(H,24,25). The Balaban J connectivity index is 1.52. The topological polar surface area (TPSA) is 47.6 Å². The molecule has 0 saturated heterocycles. The molecule has 0 atom stereocenters. The van der Waals surface area contributed by atoms with Crippen molar-refractivity contribution in [3.63, 3.8) is 0 Å². The van der Waals surface area contributed by atoms with E-state index in [2.05, 4.69) is 5.32 Å². The molecule has 0 aliphatic heterocycles. The van der Waals surface area contributed by atoms with Gasteiger partial charge < -0.3 is 14.8 Å². The van der Waals surface area contributed by atoms with Crippen LogP contribution in [0.15, 0.2) is 72.8 Å². The van der Waals surface area contributed by atoms with Crippen LogP contribution in [0.4, 0.5) is 0 Å². The Bertz CT molecular complexity index is 892. The number of carbonyl (C=O) groups is 1. The molecule has 138 valence electrons. The SMILES string of the molecule is COc1ccc(CNC(=O)c2ccc(OCc3ccccc3Cl)cc2)cc1. The van der Waals surface area contributed by atoms with E-state index >= 15 is 0 Å². The molecule has 0 aliphatic carbocycles. The van der Waals surface area contributed by atoms with Gasteiger partial charge in [0.25, 0.3) is 5.91 Å². The van der Waals surface area contributed by atoms with E-state index in [9.17, 15) is 4.79 Å². The molecule has 0 unspecified atom stereocenters. The molecule has 0 radical (unpaired) electrons. The van der Waals surface area contributed by atoms with E-state index in [0.717, 1.165) is 16.9 Å². The van der Waals surface area contributed by atoms with Crippen LogP contribution in [0.1, 0.15) is 21.5 Å². The van der Waals surface area contributed by atoms with Crippen molar-refractivity contribution < 1.29 is 14.3 Å². The lowest BCUT2D eigenvalue weighted by Gasteiger charge is -2.09. The Labute approximate surface area is 163 Å². The van der Waals surface area contributed by atoms with Crippen molar-refractivity contribution in [3.05, 3.63) is 94.5 Å². The molecule has 27 heavy (non-hydrogen) atoms. The fourth-order valence-electron chi connectivity index (χ4n) is 2.51. The van der Waals surface area contributed by atoms with Crippen LogP contribution < -0.4 is 14.8 Å². The van der Waals surface area contributed by atoms with E-state index in [0.29, 0.717) is 29.5 Å². The number of hydrogen-bond donors (Lipinski definition) is 1. The molecule has 0 bridgehead atoms. The summed E-state index contributed by atoms with van der Waals surface area (Å²) in [6.45, 7) is 0.830. The van der Waals surface area contributed by atoms with Crippen LogP contribution in [-0.4, -0.2) is 13.0 Å². The highest BCUT2D eigenvalue weighted by Crippen LogP contribution is 2.19. The lowest BCUT2D eigenvalue weighted by molar-refractivity contribution is 0.0951. The second kappa shape index (κ2) is 9.10. The Morgan fingerprint density at radius 1 is 0.926 bits per heavy atom. The predicted molar refractivity (Wildman–Crippen MR) is 106 cm³/mol. The minimum atomic E-state index is -0.136. The van der Waals surface area contributed by atoms with Gasteiger partial charge in [0.05, 0.1) is 7.11 Å². The van der Waals surface area contributed by atoms with E-state index in [1.54, 1.807) is 31.4 Å². The van der Waals surface area contributed by atoms with Crippen LogP contribution in [0.2, 0.25) is 5.02 Å². The maximum atomic E-state index is 12.3. The molecule has 0 spiro atoms. The maximum absolute atomic E-state index is 12.3. The first-order chi connectivity index (χ1) is 13.2. The predicted octanol–water partition coefficient (Wildman–Crippen LogP) is 4.86. The molecular formula is C22H20ClNO3. The summed E-state index contributed by atoms with van der Waals surface area (Å²) in [5.41, 5.74) is 2.50. The highest BCUT2D eigenvalue weighted by Gasteiger charge is 2.06. The average Bonchev–Trinajstić information content (AvgIpc) is 2.72. The highest BCUT2D eigenvalue weighted by molar-refractivity contribution is 6.31. The summed E-state index contributed by atoms with van der Waals surface area (Å²) < 4.78 is 10.9. The highest BCUT2D eigenvalue weighted by atomic mass is 35.5. The van der Waals surface area contributed by atoms with E-state index < -0.39 is 0 Å². The molecule has 0 fully saturated rings. The molecule has 0 aliphatic rings. The Kier molecular flexibility index (Phi) is 6.34. The van der Waals surface area contributed by atoms with Crippen LogP contribution in [-0.2, 0) is 13.2 Å². The lowest BCUT2D eigenvalue weighted by Crippen LogP contribution is -2.22. The normalized spacial score (nSPS) is 10.3. The number of carbonyl (C=O) groups excluding carboxylic acids is 1. The molecule has 4 nitrogen and oxygen atoms in total. The Hall–Kier alpha value is -2.98. The second-order valence-electron chi connectivity index (χ2n) is 5.94. The van der Waals surface area contributed by atoms with Crippen LogP contribution in [0.25, 0.3) is 0 Å². The van der Waals surface area contributed by atoms with Gasteiger partial charge in [-0.2, -0.15) is 0 Å². The van der Waals surface area contributed by atoms with Crippen molar-refractivity contribution >= 4 is 17.5 Å². The minimum absolute atomic E-state index is 0.136. The molecule has 3 aromatic carbocycles. The summed E-state index contributed by atoms with van der Waals surface area (Å²) in [5, 5.41) is 3.57. The van der Waals surface area contributed by atoms with Gasteiger partial charge in [-0.05, 0) is 48.0 Å². The first kappa shape index (κ1) is 18.8. The zero-order valence-corrected chi connectivity index (χ0v) is 15.7. The average molecular weight is 382 g/mol. The van der Waals surface area contributed by atoms with Gasteiger partial charge in [-0.15, -0.1) is 0 Å². The molecule has 3 rings (SSSR count). The third-order valence-corrected chi connectivity index (χ3v) is 4.45. The maximum Gasteiger partial charge on any atom is 0.251 e. The summed E-state index contributed by atoms with van der Waals surface area (Å²) >= 11 is 6.12. The largest absolute Gasteiger partial charge is 0.497 e. The van der Waals surface area contributed by atoms with E-state index in [4.69, 9.17) is 21.1 Å². The van der Waals surface area contributed by atoms with Crippen LogP contribution in [0.3, 0.4) is 0 Å². The molecular weight excluding hydrogens is 362 g/mol. The van der Waals surface area contributed by atoms with Gasteiger partial charge in [0, 0.05) is 22.7 Å². The van der Waals surface area contributed by atoms with E-state index in [-0.39, 0.29) is 5.91 Å². The van der Waals surface area contributed by atoms with Crippen molar-refractivity contribution in [3.8, 4) is 11.5 Å². The first-order valence-corrected chi connectivity index (χ1v) is 8.91. The number of ether oxygens (including phenoxy) is 2. The number of benzene rings is 3. The summed E-state index contributed by atoms with van der Waals surface area (Å²) in [7, 11) is 1.62. The summed E-state index contributed by atoms with van der Waals surface area (Å²) in [6, 6.07) is 22.2. The van der Waals surface area contributed by atoms with E-state index in [1.807, 2.05) is 48.5 Å². The fourth-order valence-corrected chi connectivity index (χ4v) is 2.70. The molecule has 0 saturated carbocycles. The van der Waals surface area contributed by atoms with Crippen LogP contribution in [0, 0.1) is 0 Å². The molecule has 1 amide bonds. The second-order valence-corrected chi connectivity index (χ2v) is 6.34. The number of amides is 1. The number of halogens is 1. The molecule has 1 N–H and O–H groups in total. The zero-order valence-electron chi connectivity index (χ0n) is 14.9. The number of methoxy groups -OCH3 is 1. The number of hydrogen-bond acceptors (Lipinski definition) is 3. The van der Waals surface area contributed by atoms with Crippen molar-refractivity contribution in [2.45, 2.75) is 13.2 Å². The summed E-state index contributed by atoms with van der Waals surface area (Å²) in [5.74, 6) is 1.34. The van der Waals surface area contributed by atoms with E-state index in [1.165, 1.54) is 0 Å². The minimum Gasteiger partial charge on any atom is -0.497 e. The van der Waals surface area contributed by atoms with Crippen LogP contribution in [0.5, 0.6) is 11.5 Å². The third kappa shape index (κ3) is 5.25. The van der Waals surface area contributed by atoms with Gasteiger partial charge >= 0.3 is 0 Å². The van der Waals surface area contributed by atoms with Crippen molar-refractivity contribution in [1.82, 2.24) is 5.32 Å². The summed E-state index contributed by atoms with van der Waals surface area (Å²) in [6.07, 6.45) is 0. The zero-order chi connectivity index (χ0) is 19.1. The monoisotopic (exact) mass is 381 g/mol. The van der Waals surface area contributed by atoms with Gasteiger partial charge in [-0.1, -0.05) is 41.9 Å². The van der Waals surface area contributed by atoms with Gasteiger partial charge in [0.15, 0.2) is 0 Å². The Morgan fingerprint density at radius 3 is 2.26 bits per heavy atom. The van der Waals surface area contributed by atoms with Gasteiger partial charge in [0.1, 0.15) is 18.1 Å². The fraction of sp³-hybridized carbons (Fsp3) is 0.136. The van der Waals surface area contributed by atoms with Gasteiger partial charge in [0.2, 0.25) is 0 Å². The molecule has 0 aromatic heterocycles. The smallest absolute Gasteiger partial charge is 0.251 e. The first-order valence-electron chi connectivity index (χ1n) is 8.53. The van der Waals surface area contributed by atoms with Gasteiger partial charge in [-0.25, -0.2) is 0 Å². The molecule has 3 aromatic rings. The van der Waals surface area contributed by atoms with Crippen molar-refractivity contribution in [2.75, 3.05) is 7.11 Å². The molecule has 0 heterocycles. The van der Waals surface area contributed by atoms with Crippen molar-refractivity contribution in [1.29, 1.82) is 0 Å². The Morgan fingerprint density at radius 2 is 1.59 bits per heavy atom. The summed E-state index contributed by atoms with van der Waals surface area (Å²) in [4.78, 5) is 12.3. The quantitative estimate of drug-likeness (QED) is 0.636. The van der Waals surface area contributed by atoms with Crippen LogP contribution >= 0.6 is 11.6 Å². The van der Waals surface area contributed by atoms with Crippen molar-refractivity contribution in [2.24, 2.45) is 0 Å². The number of rotatable bonds is 7. The lowest BCUT2D eigenvalue weighted by atomic mass is 10.2. The number of nitrogens with one attached hydrogen (secondary N) is 1. The van der Waals surface area contributed by atoms with Gasteiger partial charge in [-0.3, -0.25) is 4.79 Å².